The molecule has 136 valence electrons. The van der Waals surface area contributed by atoms with Crippen LogP contribution in [-0.2, 0) is 19.1 Å². The van der Waals surface area contributed by atoms with Crippen LogP contribution in [0.2, 0.25) is 0 Å². The van der Waals surface area contributed by atoms with Gasteiger partial charge in [0.15, 0.2) is 12.1 Å². The molecule has 0 spiro atoms. The fourth-order valence-electron chi connectivity index (χ4n) is 2.60. The number of aliphatic hydroxyl groups excluding tert-OH is 1. The predicted octanol–water partition coefficient (Wildman–Crippen LogP) is 3.31. The van der Waals surface area contributed by atoms with Gasteiger partial charge in [0.2, 0.25) is 0 Å². The number of ketones is 1. The molecule has 1 aliphatic heterocycles. The summed E-state index contributed by atoms with van der Waals surface area (Å²) in [7, 11) is 0. The van der Waals surface area contributed by atoms with Crippen molar-refractivity contribution in [2.45, 2.75) is 78.3 Å². The summed E-state index contributed by atoms with van der Waals surface area (Å²) in [6.45, 7) is 9.49. The van der Waals surface area contributed by atoms with Gasteiger partial charge in [-0.3, -0.25) is 9.59 Å². The lowest BCUT2D eigenvalue weighted by molar-refractivity contribution is -0.154. The number of carbonyl (C=O) groups excluding carboxylic acids is 2. The minimum atomic E-state index is -1.03. The molecule has 0 amide bonds. The van der Waals surface area contributed by atoms with Crippen LogP contribution in [0.5, 0.6) is 0 Å². The third-order valence-corrected chi connectivity index (χ3v) is 3.63. The number of hydrogen-bond acceptors (Lipinski definition) is 5. The van der Waals surface area contributed by atoms with Gasteiger partial charge in [-0.15, -0.1) is 0 Å². The number of carbonyl (C=O) groups is 2. The summed E-state index contributed by atoms with van der Waals surface area (Å²) in [4.78, 5) is 23.4. The summed E-state index contributed by atoms with van der Waals surface area (Å²) in [5.41, 5.74) is 0.374. The Morgan fingerprint density at radius 1 is 1.42 bits per heavy atom. The van der Waals surface area contributed by atoms with Gasteiger partial charge in [-0.25, -0.2) is 0 Å². The van der Waals surface area contributed by atoms with Crippen molar-refractivity contribution in [2.24, 2.45) is 5.92 Å². The Morgan fingerprint density at radius 2 is 2.08 bits per heavy atom. The molecule has 1 rings (SSSR count). The Labute approximate surface area is 144 Å². The molecule has 0 radical (unpaired) electrons. The van der Waals surface area contributed by atoms with Gasteiger partial charge in [-0.2, -0.15) is 0 Å². The number of aliphatic hydroxyl groups is 1. The van der Waals surface area contributed by atoms with E-state index in [0.717, 1.165) is 24.8 Å². The third-order valence-electron chi connectivity index (χ3n) is 3.63. The predicted molar refractivity (Wildman–Crippen MR) is 92.3 cm³/mol. The second kappa shape index (κ2) is 9.14. The number of ether oxygens (including phenoxy) is 2. The molecule has 0 aromatic rings. The van der Waals surface area contributed by atoms with E-state index in [4.69, 9.17) is 9.47 Å². The van der Waals surface area contributed by atoms with Crippen molar-refractivity contribution in [3.63, 3.8) is 0 Å². The second-order valence-corrected chi connectivity index (χ2v) is 7.39. The lowest BCUT2D eigenvalue weighted by Crippen LogP contribution is -2.32. The van der Waals surface area contributed by atoms with E-state index in [-0.39, 0.29) is 17.7 Å². The van der Waals surface area contributed by atoms with Crippen LogP contribution >= 0.6 is 0 Å². The normalized spacial score (nSPS) is 23.2. The summed E-state index contributed by atoms with van der Waals surface area (Å²) in [6, 6.07) is 0. The average molecular weight is 338 g/mol. The van der Waals surface area contributed by atoms with Crippen LogP contribution in [0.4, 0.5) is 0 Å². The maximum Gasteiger partial charge on any atom is 0.306 e. The Bertz CT molecular complexity index is 498. The van der Waals surface area contributed by atoms with E-state index < -0.39 is 18.0 Å². The first kappa shape index (κ1) is 20.6. The van der Waals surface area contributed by atoms with Crippen molar-refractivity contribution >= 4 is 11.8 Å². The van der Waals surface area contributed by atoms with Crippen molar-refractivity contribution in [3.8, 4) is 0 Å². The van der Waals surface area contributed by atoms with E-state index in [1.165, 1.54) is 12.2 Å². The Morgan fingerprint density at radius 3 is 2.71 bits per heavy atom. The highest BCUT2D eigenvalue weighted by atomic mass is 16.6. The highest BCUT2D eigenvalue weighted by Gasteiger charge is 2.25. The zero-order valence-corrected chi connectivity index (χ0v) is 15.4. The minimum absolute atomic E-state index is 0.147. The summed E-state index contributed by atoms with van der Waals surface area (Å²) >= 11 is 0. The SMILES string of the molecule is C/C(=C\[C@H](C)CCCCC(=O)OC(C)(C)C)[C@H]1OC(O)C=CC1=O. The van der Waals surface area contributed by atoms with Crippen LogP contribution < -0.4 is 0 Å². The number of allylic oxidation sites excluding steroid dienone is 1. The molecule has 0 saturated carbocycles. The fourth-order valence-corrected chi connectivity index (χ4v) is 2.60. The maximum atomic E-state index is 11.8. The smallest absolute Gasteiger partial charge is 0.306 e. The zero-order valence-electron chi connectivity index (χ0n) is 15.4. The van der Waals surface area contributed by atoms with E-state index in [1.807, 2.05) is 33.8 Å². The van der Waals surface area contributed by atoms with E-state index in [2.05, 4.69) is 6.92 Å². The molecule has 24 heavy (non-hydrogen) atoms. The molecule has 0 aromatic carbocycles. The van der Waals surface area contributed by atoms with E-state index in [1.54, 1.807) is 0 Å². The highest BCUT2D eigenvalue weighted by molar-refractivity contribution is 5.96. The Hall–Kier alpha value is -1.46. The van der Waals surface area contributed by atoms with Gasteiger partial charge in [0.05, 0.1) is 0 Å². The summed E-state index contributed by atoms with van der Waals surface area (Å²) in [6.07, 6.45) is 6.01. The molecule has 5 heteroatoms. The Kier molecular flexibility index (Phi) is 7.84. The first-order chi connectivity index (χ1) is 11.1. The molecule has 0 aliphatic carbocycles. The van der Waals surface area contributed by atoms with Crippen molar-refractivity contribution < 1.29 is 24.2 Å². The van der Waals surface area contributed by atoms with Crippen LogP contribution in [0.1, 0.15) is 60.3 Å². The van der Waals surface area contributed by atoms with Crippen molar-refractivity contribution in [2.75, 3.05) is 0 Å². The molecule has 1 N–H and O–H groups in total. The molecule has 0 fully saturated rings. The summed E-state index contributed by atoms with van der Waals surface area (Å²) in [5, 5.41) is 9.45. The molecule has 5 nitrogen and oxygen atoms in total. The van der Waals surface area contributed by atoms with E-state index in [0.29, 0.717) is 6.42 Å². The largest absolute Gasteiger partial charge is 0.460 e. The molecular weight excluding hydrogens is 308 g/mol. The standard InChI is InChI=1S/C19H30O5/c1-13(8-6-7-9-17(22)24-19(3,4)5)12-14(2)18-15(20)10-11-16(21)23-18/h10-13,16,18,21H,6-9H2,1-5H3/b14-12+/t13-,16?,18-/m1/s1. The molecule has 1 unspecified atom stereocenters. The minimum Gasteiger partial charge on any atom is -0.460 e. The van der Waals surface area contributed by atoms with Gasteiger partial charge in [0.1, 0.15) is 11.7 Å². The van der Waals surface area contributed by atoms with Crippen molar-refractivity contribution in [1.29, 1.82) is 0 Å². The first-order valence-electron chi connectivity index (χ1n) is 8.54. The maximum absolute atomic E-state index is 11.8. The van der Waals surface area contributed by atoms with Gasteiger partial charge in [0, 0.05) is 6.42 Å². The van der Waals surface area contributed by atoms with Crippen LogP contribution in [-0.4, -0.2) is 34.9 Å². The lowest BCUT2D eigenvalue weighted by atomic mass is 9.96. The highest BCUT2D eigenvalue weighted by Crippen LogP contribution is 2.20. The number of esters is 1. The zero-order chi connectivity index (χ0) is 18.3. The third kappa shape index (κ3) is 7.88. The number of hydrogen-bond donors (Lipinski definition) is 1. The van der Waals surface area contributed by atoms with Crippen LogP contribution in [0.15, 0.2) is 23.8 Å². The van der Waals surface area contributed by atoms with Crippen LogP contribution in [0.25, 0.3) is 0 Å². The Balaban J connectivity index is 2.35. The number of rotatable bonds is 7. The summed E-state index contributed by atoms with van der Waals surface area (Å²) in [5.74, 6) is -0.0434. The van der Waals surface area contributed by atoms with Gasteiger partial charge >= 0.3 is 5.97 Å². The van der Waals surface area contributed by atoms with Gasteiger partial charge in [-0.05, 0) is 64.2 Å². The average Bonchev–Trinajstić information content (AvgIpc) is 2.44. The van der Waals surface area contributed by atoms with Crippen LogP contribution in [0, 0.1) is 5.92 Å². The van der Waals surface area contributed by atoms with E-state index >= 15 is 0 Å². The molecular formula is C19H30O5. The summed E-state index contributed by atoms with van der Waals surface area (Å²) < 4.78 is 10.5. The van der Waals surface area contributed by atoms with Crippen molar-refractivity contribution in [1.82, 2.24) is 0 Å². The van der Waals surface area contributed by atoms with Gasteiger partial charge in [-0.1, -0.05) is 19.4 Å². The first-order valence-corrected chi connectivity index (χ1v) is 8.54. The molecule has 0 aromatic heterocycles. The monoisotopic (exact) mass is 338 g/mol. The van der Waals surface area contributed by atoms with Crippen molar-refractivity contribution in [3.05, 3.63) is 23.8 Å². The molecule has 1 heterocycles. The quantitative estimate of drug-likeness (QED) is 0.438. The van der Waals surface area contributed by atoms with Crippen LogP contribution in [0.3, 0.4) is 0 Å². The van der Waals surface area contributed by atoms with E-state index in [9.17, 15) is 14.7 Å². The molecule has 1 aliphatic rings. The molecule has 0 saturated heterocycles. The fraction of sp³-hybridized carbons (Fsp3) is 0.684. The van der Waals surface area contributed by atoms with Gasteiger partial charge < -0.3 is 14.6 Å². The topological polar surface area (TPSA) is 72.8 Å². The van der Waals surface area contributed by atoms with Gasteiger partial charge in [0.25, 0.3) is 0 Å². The molecule has 0 bridgehead atoms. The molecule has 3 atom stereocenters. The number of unbranched alkanes of at least 4 members (excludes halogenated alkanes) is 1. The second-order valence-electron chi connectivity index (χ2n) is 7.39. The lowest BCUT2D eigenvalue weighted by Gasteiger charge is -2.23.